The molecule has 1 heterocycles. The molecule has 0 amide bonds. The molecule has 0 aliphatic heterocycles. The molecule has 0 radical (unpaired) electrons. The maximum absolute atomic E-state index is 12.7. The average molecular weight is 183 g/mol. The Hall–Kier alpha value is -1.45. The molecule has 0 aliphatic rings. The number of pyridine rings is 1. The third-order valence-electron chi connectivity index (χ3n) is 1.63. The van der Waals surface area contributed by atoms with Crippen molar-refractivity contribution in [3.8, 4) is 0 Å². The second kappa shape index (κ2) is 3.98. The Bertz CT molecular complexity index is 325. The SMILES string of the molecule is COC(=O)Cc1ccc(F)c(C)n1. The smallest absolute Gasteiger partial charge is 0.311 e. The van der Waals surface area contributed by atoms with Crippen molar-refractivity contribution in [3.63, 3.8) is 0 Å². The molecule has 4 heteroatoms. The highest BCUT2D eigenvalue weighted by Gasteiger charge is 2.05. The first kappa shape index (κ1) is 9.64. The molecular formula is C9H10FNO2. The molecule has 0 bridgehead atoms. The van der Waals surface area contributed by atoms with E-state index in [1.54, 1.807) is 6.92 Å². The van der Waals surface area contributed by atoms with E-state index in [1.807, 2.05) is 0 Å². The lowest BCUT2D eigenvalue weighted by Crippen LogP contribution is -2.06. The Labute approximate surface area is 75.6 Å². The summed E-state index contributed by atoms with van der Waals surface area (Å²) in [6.07, 6.45) is 0.0810. The van der Waals surface area contributed by atoms with Gasteiger partial charge in [0.1, 0.15) is 5.82 Å². The molecule has 0 fully saturated rings. The van der Waals surface area contributed by atoms with E-state index in [0.29, 0.717) is 11.4 Å². The largest absolute Gasteiger partial charge is 0.469 e. The molecule has 0 unspecified atom stereocenters. The Morgan fingerprint density at radius 3 is 2.85 bits per heavy atom. The van der Waals surface area contributed by atoms with E-state index in [4.69, 9.17) is 0 Å². The Morgan fingerprint density at radius 2 is 2.31 bits per heavy atom. The summed E-state index contributed by atoms with van der Waals surface area (Å²) in [4.78, 5) is 14.7. The van der Waals surface area contributed by atoms with E-state index in [2.05, 4.69) is 9.72 Å². The molecule has 0 atom stereocenters. The fourth-order valence-electron chi connectivity index (χ4n) is 0.915. The number of methoxy groups -OCH3 is 1. The van der Waals surface area contributed by atoms with Crippen molar-refractivity contribution in [2.75, 3.05) is 7.11 Å². The van der Waals surface area contributed by atoms with E-state index in [1.165, 1.54) is 19.2 Å². The average Bonchev–Trinajstić information content (AvgIpc) is 2.11. The summed E-state index contributed by atoms with van der Waals surface area (Å²) in [5, 5.41) is 0. The zero-order chi connectivity index (χ0) is 9.84. The van der Waals surface area contributed by atoms with Crippen LogP contribution in [0.4, 0.5) is 4.39 Å². The summed E-state index contributed by atoms with van der Waals surface area (Å²) in [5.74, 6) is -0.743. The number of ether oxygens (including phenoxy) is 1. The molecule has 0 spiro atoms. The van der Waals surface area contributed by atoms with Gasteiger partial charge in [-0.15, -0.1) is 0 Å². The molecule has 3 nitrogen and oxygen atoms in total. The predicted molar refractivity (Wildman–Crippen MR) is 44.7 cm³/mol. The van der Waals surface area contributed by atoms with Crippen molar-refractivity contribution in [2.24, 2.45) is 0 Å². The fraction of sp³-hybridized carbons (Fsp3) is 0.333. The van der Waals surface area contributed by atoms with Crippen LogP contribution in [0.1, 0.15) is 11.4 Å². The highest BCUT2D eigenvalue weighted by molar-refractivity contribution is 5.71. The summed E-state index contributed by atoms with van der Waals surface area (Å²) >= 11 is 0. The number of carbonyl (C=O) groups is 1. The van der Waals surface area contributed by atoms with Crippen LogP contribution in [-0.4, -0.2) is 18.1 Å². The molecule has 0 aromatic carbocycles. The summed E-state index contributed by atoms with van der Waals surface area (Å²) in [5.41, 5.74) is 0.812. The number of aromatic nitrogens is 1. The third kappa shape index (κ3) is 2.50. The quantitative estimate of drug-likeness (QED) is 0.647. The minimum atomic E-state index is -0.376. The Kier molecular flexibility index (Phi) is 2.95. The number of aryl methyl sites for hydroxylation is 1. The van der Waals surface area contributed by atoms with Gasteiger partial charge in [-0.25, -0.2) is 4.39 Å². The van der Waals surface area contributed by atoms with E-state index < -0.39 is 0 Å². The van der Waals surface area contributed by atoms with Crippen molar-refractivity contribution in [2.45, 2.75) is 13.3 Å². The second-order valence-electron chi connectivity index (χ2n) is 2.62. The maximum Gasteiger partial charge on any atom is 0.311 e. The second-order valence-corrected chi connectivity index (χ2v) is 2.62. The molecule has 1 aromatic heterocycles. The standard InChI is InChI=1S/C9H10FNO2/c1-6-8(10)4-3-7(11-6)5-9(12)13-2/h3-4H,5H2,1-2H3. The topological polar surface area (TPSA) is 39.2 Å². The van der Waals surface area contributed by atoms with Gasteiger partial charge in [-0.1, -0.05) is 0 Å². The van der Waals surface area contributed by atoms with Crippen LogP contribution in [0.25, 0.3) is 0 Å². The van der Waals surface area contributed by atoms with Gasteiger partial charge in [0.15, 0.2) is 0 Å². The minimum Gasteiger partial charge on any atom is -0.469 e. The number of esters is 1. The van der Waals surface area contributed by atoms with Crippen molar-refractivity contribution in [1.82, 2.24) is 4.98 Å². The van der Waals surface area contributed by atoms with Crippen LogP contribution in [0.3, 0.4) is 0 Å². The van der Waals surface area contributed by atoms with Gasteiger partial charge in [-0.3, -0.25) is 9.78 Å². The van der Waals surface area contributed by atoms with Crippen LogP contribution in [0, 0.1) is 12.7 Å². The molecule has 0 saturated carbocycles. The van der Waals surface area contributed by atoms with Gasteiger partial charge < -0.3 is 4.74 Å². The summed E-state index contributed by atoms with van der Waals surface area (Å²) in [7, 11) is 1.30. The molecular weight excluding hydrogens is 173 g/mol. The number of rotatable bonds is 2. The zero-order valence-electron chi connectivity index (χ0n) is 7.50. The summed E-state index contributed by atoms with van der Waals surface area (Å²) in [6.45, 7) is 1.55. The summed E-state index contributed by atoms with van der Waals surface area (Å²) in [6, 6.07) is 2.76. The fourth-order valence-corrected chi connectivity index (χ4v) is 0.915. The van der Waals surface area contributed by atoms with E-state index in [0.717, 1.165) is 0 Å². The van der Waals surface area contributed by atoms with E-state index in [-0.39, 0.29) is 18.2 Å². The Morgan fingerprint density at radius 1 is 1.62 bits per heavy atom. The first-order valence-corrected chi connectivity index (χ1v) is 3.82. The van der Waals surface area contributed by atoms with E-state index in [9.17, 15) is 9.18 Å². The number of nitrogens with zero attached hydrogens (tertiary/aromatic N) is 1. The first-order chi connectivity index (χ1) is 6.13. The van der Waals surface area contributed by atoms with Gasteiger partial charge in [0, 0.05) is 0 Å². The molecule has 0 saturated heterocycles. The van der Waals surface area contributed by atoms with Gasteiger partial charge in [0.05, 0.1) is 24.9 Å². The highest BCUT2D eigenvalue weighted by atomic mass is 19.1. The molecule has 13 heavy (non-hydrogen) atoms. The monoisotopic (exact) mass is 183 g/mol. The molecule has 0 aliphatic carbocycles. The molecule has 0 N–H and O–H groups in total. The lowest BCUT2D eigenvalue weighted by Gasteiger charge is -2.00. The summed E-state index contributed by atoms with van der Waals surface area (Å²) < 4.78 is 17.2. The first-order valence-electron chi connectivity index (χ1n) is 3.82. The van der Waals surface area contributed by atoms with Crippen molar-refractivity contribution < 1.29 is 13.9 Å². The van der Waals surface area contributed by atoms with Crippen LogP contribution >= 0.6 is 0 Å². The predicted octanol–water partition coefficient (Wildman–Crippen LogP) is 1.24. The lowest BCUT2D eigenvalue weighted by atomic mass is 10.2. The van der Waals surface area contributed by atoms with Gasteiger partial charge in [0.2, 0.25) is 0 Å². The van der Waals surface area contributed by atoms with Crippen LogP contribution in [-0.2, 0) is 16.0 Å². The molecule has 1 rings (SSSR count). The highest BCUT2D eigenvalue weighted by Crippen LogP contribution is 2.05. The third-order valence-corrected chi connectivity index (χ3v) is 1.63. The van der Waals surface area contributed by atoms with Crippen LogP contribution < -0.4 is 0 Å². The van der Waals surface area contributed by atoms with Crippen molar-refractivity contribution >= 4 is 5.97 Å². The normalized spacial score (nSPS) is 9.77. The van der Waals surface area contributed by atoms with Crippen LogP contribution in [0.5, 0.6) is 0 Å². The lowest BCUT2D eigenvalue weighted by molar-refractivity contribution is -0.139. The number of hydrogen-bond donors (Lipinski definition) is 0. The minimum absolute atomic E-state index is 0.0810. The Balaban J connectivity index is 2.79. The van der Waals surface area contributed by atoms with Crippen LogP contribution in [0.2, 0.25) is 0 Å². The van der Waals surface area contributed by atoms with E-state index >= 15 is 0 Å². The van der Waals surface area contributed by atoms with Gasteiger partial charge in [-0.2, -0.15) is 0 Å². The number of hydrogen-bond acceptors (Lipinski definition) is 3. The van der Waals surface area contributed by atoms with Crippen LogP contribution in [0.15, 0.2) is 12.1 Å². The maximum atomic E-state index is 12.7. The number of carbonyl (C=O) groups excluding carboxylic acids is 1. The molecule has 1 aromatic rings. The zero-order valence-corrected chi connectivity index (χ0v) is 7.50. The van der Waals surface area contributed by atoms with Gasteiger partial charge >= 0.3 is 5.97 Å². The van der Waals surface area contributed by atoms with Gasteiger partial charge in [-0.05, 0) is 19.1 Å². The van der Waals surface area contributed by atoms with Crippen molar-refractivity contribution in [3.05, 3.63) is 29.3 Å². The van der Waals surface area contributed by atoms with Gasteiger partial charge in [0.25, 0.3) is 0 Å². The van der Waals surface area contributed by atoms with Crippen molar-refractivity contribution in [1.29, 1.82) is 0 Å². The number of halogens is 1. The molecule has 70 valence electrons.